The fraction of sp³-hybridized carbons (Fsp3) is 0.308. The summed E-state index contributed by atoms with van der Waals surface area (Å²) in [4.78, 5) is 4.58. The highest BCUT2D eigenvalue weighted by Gasteiger charge is 2.19. The van der Waals surface area contributed by atoms with E-state index in [1.165, 1.54) is 41.7 Å². The summed E-state index contributed by atoms with van der Waals surface area (Å²) in [5.74, 6) is 0. The van der Waals surface area contributed by atoms with Crippen LogP contribution in [-0.4, -0.2) is 12.3 Å². The smallest absolute Gasteiger partial charge is 0.0682 e. The molecule has 2 aliphatic rings. The van der Waals surface area contributed by atoms with Crippen LogP contribution in [0.25, 0.3) is 0 Å². The Labute approximate surface area is 84.2 Å². The van der Waals surface area contributed by atoms with E-state index in [4.69, 9.17) is 0 Å². The number of fused-ring (bicyclic) bond motifs is 3. The highest BCUT2D eigenvalue weighted by molar-refractivity contribution is 6.14. The molecule has 1 aromatic carbocycles. The van der Waals surface area contributed by atoms with E-state index in [2.05, 4.69) is 35.3 Å². The van der Waals surface area contributed by atoms with Gasteiger partial charge in [0.15, 0.2) is 0 Å². The van der Waals surface area contributed by atoms with Gasteiger partial charge in [0, 0.05) is 5.56 Å². The fourth-order valence-corrected chi connectivity index (χ4v) is 2.36. The van der Waals surface area contributed by atoms with Crippen molar-refractivity contribution in [3.05, 3.63) is 47.0 Å². The molecule has 0 N–H and O–H groups in total. The number of hydrogen-bond donors (Lipinski definition) is 0. The van der Waals surface area contributed by atoms with Crippen molar-refractivity contribution in [1.29, 1.82) is 0 Å². The van der Waals surface area contributed by atoms with E-state index in [0.29, 0.717) is 0 Å². The van der Waals surface area contributed by atoms with E-state index in [0.717, 1.165) is 6.54 Å². The summed E-state index contributed by atoms with van der Waals surface area (Å²) >= 11 is 0. The number of aryl methyl sites for hydroxylation is 1. The molecule has 3 rings (SSSR count). The lowest BCUT2D eigenvalue weighted by molar-refractivity contribution is 0.840. The number of aliphatic imine (C=N–C) groups is 1. The van der Waals surface area contributed by atoms with Crippen LogP contribution in [0, 0.1) is 0 Å². The molecule has 0 saturated heterocycles. The molecule has 0 spiro atoms. The molecule has 0 saturated carbocycles. The predicted molar refractivity (Wildman–Crippen MR) is 58.9 cm³/mol. The summed E-state index contributed by atoms with van der Waals surface area (Å²) in [5, 5.41) is 0. The molecule has 0 bridgehead atoms. The van der Waals surface area contributed by atoms with Crippen molar-refractivity contribution in [2.24, 2.45) is 4.99 Å². The Morgan fingerprint density at radius 2 is 2.00 bits per heavy atom. The number of allylic oxidation sites excluding steroid dienone is 1. The molecule has 14 heavy (non-hydrogen) atoms. The van der Waals surface area contributed by atoms with Gasteiger partial charge >= 0.3 is 0 Å². The minimum absolute atomic E-state index is 0.888. The van der Waals surface area contributed by atoms with Crippen molar-refractivity contribution < 1.29 is 0 Å². The second-order valence-corrected chi connectivity index (χ2v) is 3.93. The molecule has 1 aliphatic carbocycles. The van der Waals surface area contributed by atoms with Gasteiger partial charge < -0.3 is 0 Å². The fourth-order valence-electron chi connectivity index (χ4n) is 2.36. The van der Waals surface area contributed by atoms with Gasteiger partial charge in [-0.2, -0.15) is 0 Å². The lowest BCUT2D eigenvalue weighted by Gasteiger charge is -2.05. The molecule has 70 valence electrons. The molecular weight excluding hydrogens is 170 g/mol. The van der Waals surface area contributed by atoms with E-state index in [9.17, 15) is 0 Å². The van der Waals surface area contributed by atoms with Crippen LogP contribution >= 0.6 is 0 Å². The van der Waals surface area contributed by atoms with E-state index in [-0.39, 0.29) is 0 Å². The number of benzene rings is 1. The van der Waals surface area contributed by atoms with Gasteiger partial charge in [-0.15, -0.1) is 0 Å². The van der Waals surface area contributed by atoms with Gasteiger partial charge in [-0.1, -0.05) is 30.3 Å². The van der Waals surface area contributed by atoms with Gasteiger partial charge in [-0.3, -0.25) is 4.99 Å². The Morgan fingerprint density at radius 3 is 3.00 bits per heavy atom. The first-order valence-electron chi connectivity index (χ1n) is 5.27. The monoisotopic (exact) mass is 183 g/mol. The SMILES string of the molecule is C1=C2CCCc3ccccc3C2=NC1. The molecule has 1 nitrogen and oxygen atoms in total. The third-order valence-corrected chi connectivity index (χ3v) is 3.06. The highest BCUT2D eigenvalue weighted by Crippen LogP contribution is 2.27. The van der Waals surface area contributed by atoms with Crippen molar-refractivity contribution in [2.45, 2.75) is 19.3 Å². The summed E-state index contributed by atoms with van der Waals surface area (Å²) < 4.78 is 0. The minimum atomic E-state index is 0.888. The Balaban J connectivity index is 2.19. The molecule has 1 aliphatic heterocycles. The van der Waals surface area contributed by atoms with Gasteiger partial charge in [0.05, 0.1) is 12.3 Å². The summed E-state index contributed by atoms with van der Waals surface area (Å²) in [6.07, 6.45) is 5.94. The zero-order chi connectivity index (χ0) is 9.38. The Hall–Kier alpha value is -1.37. The molecule has 1 heteroatoms. The van der Waals surface area contributed by atoms with E-state index in [1.54, 1.807) is 0 Å². The molecule has 0 unspecified atom stereocenters. The van der Waals surface area contributed by atoms with Crippen molar-refractivity contribution in [2.75, 3.05) is 6.54 Å². The van der Waals surface area contributed by atoms with E-state index >= 15 is 0 Å². The number of hydrogen-bond acceptors (Lipinski definition) is 1. The largest absolute Gasteiger partial charge is 0.280 e. The third-order valence-electron chi connectivity index (χ3n) is 3.06. The zero-order valence-electron chi connectivity index (χ0n) is 8.16. The zero-order valence-corrected chi connectivity index (χ0v) is 8.16. The average molecular weight is 183 g/mol. The second-order valence-electron chi connectivity index (χ2n) is 3.93. The normalized spacial score (nSPS) is 19.1. The lowest BCUT2D eigenvalue weighted by Crippen LogP contribution is -2.01. The number of nitrogens with zero attached hydrogens (tertiary/aromatic N) is 1. The maximum absolute atomic E-state index is 4.58. The van der Waals surface area contributed by atoms with Crippen LogP contribution < -0.4 is 0 Å². The molecule has 1 aromatic rings. The van der Waals surface area contributed by atoms with Crippen LogP contribution in [0.1, 0.15) is 24.0 Å². The summed E-state index contributed by atoms with van der Waals surface area (Å²) in [6.45, 7) is 0.888. The summed E-state index contributed by atoms with van der Waals surface area (Å²) in [5.41, 5.74) is 5.57. The average Bonchev–Trinajstić information content (AvgIpc) is 2.61. The highest BCUT2D eigenvalue weighted by atomic mass is 14.8. The van der Waals surface area contributed by atoms with Crippen molar-refractivity contribution in [3.63, 3.8) is 0 Å². The van der Waals surface area contributed by atoms with Crippen LogP contribution in [0.5, 0.6) is 0 Å². The Bertz CT molecular complexity index is 427. The first kappa shape index (κ1) is 7.98. The Morgan fingerprint density at radius 1 is 1.07 bits per heavy atom. The topological polar surface area (TPSA) is 12.4 Å². The van der Waals surface area contributed by atoms with E-state index in [1.807, 2.05) is 0 Å². The maximum atomic E-state index is 4.58. The van der Waals surface area contributed by atoms with Crippen LogP contribution in [0.15, 0.2) is 40.9 Å². The van der Waals surface area contributed by atoms with Gasteiger partial charge in [-0.25, -0.2) is 0 Å². The lowest BCUT2D eigenvalue weighted by atomic mass is 10.0. The quantitative estimate of drug-likeness (QED) is 0.586. The van der Waals surface area contributed by atoms with Gasteiger partial charge in [0.1, 0.15) is 0 Å². The van der Waals surface area contributed by atoms with Crippen LogP contribution in [0.3, 0.4) is 0 Å². The third kappa shape index (κ3) is 1.12. The maximum Gasteiger partial charge on any atom is 0.0682 e. The second kappa shape index (κ2) is 3.09. The summed E-state index contributed by atoms with van der Waals surface area (Å²) in [6, 6.07) is 8.68. The molecule has 0 amide bonds. The molecule has 1 heterocycles. The molecule has 0 atom stereocenters. The molecule has 0 radical (unpaired) electrons. The van der Waals surface area contributed by atoms with Crippen molar-refractivity contribution in [1.82, 2.24) is 0 Å². The Kier molecular flexibility index (Phi) is 1.76. The molecular formula is C13H13N. The standard InChI is InChI=1S/C13H13N/c1-2-7-12-10(4-1)5-3-6-11-8-9-14-13(11)12/h1-2,4,7-8H,3,5-6,9H2. The van der Waals surface area contributed by atoms with Gasteiger partial charge in [0.2, 0.25) is 0 Å². The van der Waals surface area contributed by atoms with Gasteiger partial charge in [-0.05, 0) is 30.4 Å². The van der Waals surface area contributed by atoms with Crippen LogP contribution in [-0.2, 0) is 6.42 Å². The minimum Gasteiger partial charge on any atom is -0.280 e. The van der Waals surface area contributed by atoms with E-state index < -0.39 is 0 Å². The summed E-state index contributed by atoms with van der Waals surface area (Å²) in [7, 11) is 0. The van der Waals surface area contributed by atoms with Crippen molar-refractivity contribution >= 4 is 5.71 Å². The first-order chi connectivity index (χ1) is 6.95. The molecule has 0 fully saturated rings. The predicted octanol–water partition coefficient (Wildman–Crippen LogP) is 2.75. The number of rotatable bonds is 0. The van der Waals surface area contributed by atoms with Gasteiger partial charge in [0.25, 0.3) is 0 Å². The first-order valence-corrected chi connectivity index (χ1v) is 5.27. The molecule has 0 aromatic heterocycles. The van der Waals surface area contributed by atoms with Crippen LogP contribution in [0.4, 0.5) is 0 Å². The van der Waals surface area contributed by atoms with Crippen molar-refractivity contribution in [3.8, 4) is 0 Å². The van der Waals surface area contributed by atoms with Crippen LogP contribution in [0.2, 0.25) is 0 Å².